The Balaban J connectivity index is 1.16. The van der Waals surface area contributed by atoms with Crippen molar-refractivity contribution in [2.45, 2.75) is 261 Å². The molecule has 3 aliphatic heterocycles. The van der Waals surface area contributed by atoms with Crippen LogP contribution in [0.15, 0.2) is 23.8 Å². The summed E-state index contributed by atoms with van der Waals surface area (Å²) in [7, 11) is 5.19. The highest BCUT2D eigenvalue weighted by Crippen LogP contribution is 2.71. The summed E-state index contributed by atoms with van der Waals surface area (Å²) in [6, 6.07) is -1.19. The number of nitrogens with one attached hydrogen (secondary N) is 1. The van der Waals surface area contributed by atoms with Crippen molar-refractivity contribution < 1.29 is 87.3 Å². The van der Waals surface area contributed by atoms with Crippen LogP contribution >= 0.6 is 0 Å². The van der Waals surface area contributed by atoms with Crippen LogP contribution in [-0.4, -0.2) is 218 Å². The molecule has 7 aliphatic rings. The highest BCUT2D eigenvalue weighted by molar-refractivity contribution is 6.01. The van der Waals surface area contributed by atoms with Gasteiger partial charge in [-0.2, -0.15) is 0 Å². The first-order valence-corrected chi connectivity index (χ1v) is 30.3. The van der Waals surface area contributed by atoms with Gasteiger partial charge in [0.05, 0.1) is 47.6 Å². The number of carbonyl (C=O) groups excluding carboxylic acids is 3. The molecular weight excluding hydrogens is 1070 g/mol. The Bertz CT molecular complexity index is 2330. The summed E-state index contributed by atoms with van der Waals surface area (Å²) in [5.74, 6) is -6.48. The molecule has 21 heteroatoms. The SMILES string of the molecule is CC[C@H]1OC(=O)[C@H](C)[C@@H](O[C@@H]2C[C@](C)(OC)[C@H](O)C(C)O2)[C@H](C)[C@@H](OC2OC(C)C[C@@H](N(C)C)[C@H]2O)[C@@](O)(CC)CCCN(CCCNC(=O)[C@@]2(O)[C@H](C)CC3C4C[C@H](F)C5=CC(=O)C=C[C@]5(C)[C@@]4(F)[C@@H](O)C[C@@]32C)[C@H](C)[C@@H](O)[C@]1(C)O. The summed E-state index contributed by atoms with van der Waals surface area (Å²) in [4.78, 5) is 45.5. The maximum absolute atomic E-state index is 17.9. The number of nitrogens with zero attached hydrogens (tertiary/aromatic N) is 2. The van der Waals surface area contributed by atoms with Gasteiger partial charge in [-0.25, -0.2) is 8.78 Å². The summed E-state index contributed by atoms with van der Waals surface area (Å²) < 4.78 is 72.4. The molecule has 0 aromatic carbocycles. The van der Waals surface area contributed by atoms with Gasteiger partial charge in [-0.15, -0.1) is 0 Å². The monoisotopic (exact) mass is 1170 g/mol. The van der Waals surface area contributed by atoms with Crippen molar-refractivity contribution >= 4 is 17.7 Å². The van der Waals surface area contributed by atoms with Crippen molar-refractivity contribution in [3.8, 4) is 0 Å². The van der Waals surface area contributed by atoms with Crippen molar-refractivity contribution in [1.29, 1.82) is 0 Å². The van der Waals surface area contributed by atoms with Gasteiger partial charge in [-0.05, 0) is 156 Å². The third-order valence-electron chi connectivity index (χ3n) is 21.8. The van der Waals surface area contributed by atoms with E-state index in [2.05, 4.69) is 5.32 Å². The molecule has 6 fully saturated rings. The molecule has 0 spiro atoms. The minimum atomic E-state index is -2.38. The standard InChI is InChI=1S/C61H101F2N3O16/c1-16-45-58(12,74)49(70)36(7)66(25-19-23-64-54(73)61(76)32(3)26-39-40-29-42(62)41-28-38(67)20-22-55(41,9)60(40,63)44(68)30-56(39,61)10)24-18-21-59(75,17-2)51(82-53-47(69)43(65(13)14)27-33(4)78-53)34(5)48(35(6)52(72)80-45)81-46-31-57(11,77-15)50(71)37(8)79-46/h20,22,28,32-37,39-40,42-51,53,68-71,74-76H,16-19,21,23-27,29-31H2,1-15H3,(H,64,73)/t32-,33?,34+,35-,36-,37?,39?,40?,42+,43-,44+,45-,46-,47-,48+,49-,50-,51-,53?,55+,56+,57+,58-,59-,60+,61+/m1/s1. The van der Waals surface area contributed by atoms with Gasteiger partial charge in [-0.3, -0.25) is 19.3 Å². The van der Waals surface area contributed by atoms with E-state index in [4.69, 9.17) is 28.4 Å². The van der Waals surface area contributed by atoms with E-state index in [1.54, 1.807) is 55.4 Å². The van der Waals surface area contributed by atoms with Gasteiger partial charge >= 0.3 is 5.97 Å². The molecule has 4 aliphatic carbocycles. The second kappa shape index (κ2) is 24.9. The summed E-state index contributed by atoms with van der Waals surface area (Å²) in [5, 5.41) is 88.3. The maximum atomic E-state index is 17.9. The molecule has 7 rings (SSSR count). The molecular formula is C61H101F2N3O16. The number of cyclic esters (lactones) is 1. The summed E-state index contributed by atoms with van der Waals surface area (Å²) in [6.45, 7) is 20.7. The fourth-order valence-corrected chi connectivity index (χ4v) is 16.3. The Labute approximate surface area is 484 Å². The van der Waals surface area contributed by atoms with E-state index in [1.807, 2.05) is 37.7 Å². The molecule has 3 heterocycles. The largest absolute Gasteiger partial charge is 0.459 e. The Morgan fingerprint density at radius 2 is 1.59 bits per heavy atom. The summed E-state index contributed by atoms with van der Waals surface area (Å²) in [6.07, 6.45) is -9.38. The first-order valence-electron chi connectivity index (χ1n) is 30.3. The quantitative estimate of drug-likeness (QED) is 0.0948. The number of methoxy groups -OCH3 is 1. The minimum absolute atomic E-state index is 0.0150. The van der Waals surface area contributed by atoms with E-state index >= 15 is 8.78 Å². The third-order valence-corrected chi connectivity index (χ3v) is 21.8. The number of ketones is 1. The maximum Gasteiger partial charge on any atom is 0.311 e. The second-order valence-corrected chi connectivity index (χ2v) is 27.0. The number of aliphatic hydroxyl groups excluding tert-OH is 4. The van der Waals surface area contributed by atoms with Gasteiger partial charge in [0.25, 0.3) is 5.91 Å². The molecule has 3 saturated carbocycles. The van der Waals surface area contributed by atoms with Gasteiger partial charge < -0.3 is 74.4 Å². The highest BCUT2D eigenvalue weighted by Gasteiger charge is 2.77. The number of ether oxygens (including phenoxy) is 6. The van der Waals surface area contributed by atoms with E-state index < -0.39 is 160 Å². The van der Waals surface area contributed by atoms with E-state index in [0.717, 1.165) is 6.08 Å². The van der Waals surface area contributed by atoms with Crippen LogP contribution in [0.1, 0.15) is 147 Å². The fourth-order valence-electron chi connectivity index (χ4n) is 16.3. The number of allylic oxidation sites excluding steroid dienone is 4. The number of likely N-dealkylation sites (N-methyl/N-ethyl adjacent to an activating group) is 1. The number of hydrogen-bond acceptors (Lipinski definition) is 18. The number of esters is 1. The minimum Gasteiger partial charge on any atom is -0.459 e. The number of rotatable bonds is 13. The molecule has 0 aromatic heterocycles. The molecule has 5 unspecified atom stereocenters. The number of hydrogen-bond donors (Lipinski definition) is 8. The molecule has 3 saturated heterocycles. The normalized spacial score (nSPS) is 49.9. The van der Waals surface area contributed by atoms with Crippen LogP contribution in [0.2, 0.25) is 0 Å². The van der Waals surface area contributed by atoms with Crippen molar-refractivity contribution in [3.05, 3.63) is 23.8 Å². The van der Waals surface area contributed by atoms with Gasteiger partial charge in [-0.1, -0.05) is 40.7 Å². The number of carbonyl (C=O) groups is 3. The van der Waals surface area contributed by atoms with Crippen LogP contribution in [0.4, 0.5) is 8.78 Å². The molecule has 8 N–H and O–H groups in total. The molecule has 1 amide bonds. The van der Waals surface area contributed by atoms with Gasteiger partial charge in [0, 0.05) is 61.4 Å². The van der Waals surface area contributed by atoms with Crippen LogP contribution in [0.3, 0.4) is 0 Å². The number of halogens is 2. The van der Waals surface area contributed by atoms with E-state index in [1.165, 1.54) is 33.1 Å². The molecule has 0 bridgehead atoms. The highest BCUT2D eigenvalue weighted by atomic mass is 19.1. The van der Waals surface area contributed by atoms with Crippen LogP contribution in [-0.2, 0) is 42.8 Å². The van der Waals surface area contributed by atoms with E-state index in [9.17, 15) is 50.1 Å². The Morgan fingerprint density at radius 1 is 0.915 bits per heavy atom. The molecule has 82 heavy (non-hydrogen) atoms. The number of fused-ring (bicyclic) bond motifs is 5. The van der Waals surface area contributed by atoms with Gasteiger partial charge in [0.15, 0.2) is 29.6 Å². The molecule has 0 radical (unpaired) electrons. The topological polar surface area (TPSA) is 267 Å². The average Bonchev–Trinajstić information content (AvgIpc) is 1.89. The van der Waals surface area contributed by atoms with Gasteiger partial charge in [0.2, 0.25) is 0 Å². The Morgan fingerprint density at radius 3 is 2.21 bits per heavy atom. The predicted octanol–water partition coefficient (Wildman–Crippen LogP) is 4.22. The van der Waals surface area contributed by atoms with Gasteiger partial charge in [0.1, 0.15) is 36.2 Å². The van der Waals surface area contributed by atoms with Crippen LogP contribution < -0.4 is 5.32 Å². The molecule has 0 aromatic rings. The van der Waals surface area contributed by atoms with Crippen molar-refractivity contribution in [2.75, 3.05) is 40.8 Å². The average molecular weight is 1170 g/mol. The van der Waals surface area contributed by atoms with Crippen LogP contribution in [0, 0.1) is 40.4 Å². The number of alkyl halides is 2. The number of aliphatic hydroxyl groups is 7. The lowest BCUT2D eigenvalue weighted by Crippen LogP contribution is -2.71. The second-order valence-electron chi connectivity index (χ2n) is 27.0. The third kappa shape index (κ3) is 11.6. The smallest absolute Gasteiger partial charge is 0.311 e. The van der Waals surface area contributed by atoms with Crippen molar-refractivity contribution in [3.63, 3.8) is 0 Å². The van der Waals surface area contributed by atoms with Crippen LogP contribution in [0.25, 0.3) is 0 Å². The lowest BCUT2D eigenvalue weighted by molar-refractivity contribution is -0.319. The molecule has 470 valence electrons. The fraction of sp³-hybridized carbons (Fsp3) is 0.885. The van der Waals surface area contributed by atoms with E-state index in [-0.39, 0.29) is 95.1 Å². The molecule has 19 nitrogen and oxygen atoms in total. The zero-order valence-corrected chi connectivity index (χ0v) is 51.3. The van der Waals surface area contributed by atoms with Crippen molar-refractivity contribution in [2.24, 2.45) is 40.4 Å². The Hall–Kier alpha value is -2.61. The zero-order chi connectivity index (χ0) is 61.2. The lowest BCUT2D eigenvalue weighted by Gasteiger charge is -2.63. The summed E-state index contributed by atoms with van der Waals surface area (Å²) >= 11 is 0. The lowest BCUT2D eigenvalue weighted by atomic mass is 9.44. The van der Waals surface area contributed by atoms with E-state index in [0.29, 0.717) is 6.42 Å². The van der Waals surface area contributed by atoms with Crippen LogP contribution in [0.5, 0.6) is 0 Å². The first-order chi connectivity index (χ1) is 38.1. The van der Waals surface area contributed by atoms with Crippen molar-refractivity contribution in [1.82, 2.24) is 15.1 Å². The predicted molar refractivity (Wildman–Crippen MR) is 299 cm³/mol. The Kier molecular flexibility index (Phi) is 20.3. The zero-order valence-electron chi connectivity index (χ0n) is 51.3. The first kappa shape index (κ1) is 66.9. The number of amides is 1. The molecule has 26 atom stereocenters. The summed E-state index contributed by atoms with van der Waals surface area (Å²) in [5.41, 5.74) is -12.3.